The molecule has 0 saturated heterocycles. The van der Waals surface area contributed by atoms with Gasteiger partial charge in [-0.05, 0) is 18.2 Å². The van der Waals surface area contributed by atoms with Crippen LogP contribution in [-0.2, 0) is 0 Å². The molecule has 0 saturated carbocycles. The van der Waals surface area contributed by atoms with Gasteiger partial charge in [0.25, 0.3) is 0 Å². The van der Waals surface area contributed by atoms with Crippen molar-refractivity contribution in [1.82, 2.24) is 0 Å². The van der Waals surface area contributed by atoms with E-state index in [-0.39, 0.29) is 5.12 Å². The number of rotatable bonds is 2. The van der Waals surface area contributed by atoms with Crippen molar-refractivity contribution in [2.45, 2.75) is 13.8 Å². The number of carbonyl (C=O) groups excluding carboxylic acids is 1. The van der Waals surface area contributed by atoms with E-state index in [0.717, 1.165) is 16.9 Å². The molecule has 0 amide bonds. The molecule has 0 aromatic heterocycles. The van der Waals surface area contributed by atoms with Crippen molar-refractivity contribution in [2.75, 3.05) is 5.75 Å². The molecule has 0 heterocycles. The van der Waals surface area contributed by atoms with E-state index in [1.54, 1.807) is 0 Å². The molecule has 1 nitrogen and oxygen atoms in total. The van der Waals surface area contributed by atoms with Gasteiger partial charge in [-0.1, -0.05) is 43.0 Å². The summed E-state index contributed by atoms with van der Waals surface area (Å²) < 4.78 is 0. The van der Waals surface area contributed by atoms with Crippen LogP contribution in [0.2, 0.25) is 0 Å². The Bertz CT molecular complexity index is 281. The van der Waals surface area contributed by atoms with E-state index in [9.17, 15) is 4.79 Å². The van der Waals surface area contributed by atoms with Crippen molar-refractivity contribution in [3.05, 3.63) is 35.4 Å². The molecule has 0 aliphatic heterocycles. The fourth-order valence-corrected chi connectivity index (χ4v) is 1.66. The second kappa shape index (κ2) is 4.31. The van der Waals surface area contributed by atoms with Crippen molar-refractivity contribution in [3.63, 3.8) is 0 Å². The second-order valence-corrected chi connectivity index (χ2v) is 3.77. The maximum absolute atomic E-state index is 11.4. The zero-order valence-corrected chi connectivity index (χ0v) is 8.15. The lowest BCUT2D eigenvalue weighted by Gasteiger charge is -2.01. The van der Waals surface area contributed by atoms with E-state index in [4.69, 9.17) is 0 Å². The van der Waals surface area contributed by atoms with Crippen LogP contribution >= 0.6 is 11.8 Å². The van der Waals surface area contributed by atoms with Crippen LogP contribution < -0.4 is 0 Å². The molecule has 0 N–H and O–H groups in total. The van der Waals surface area contributed by atoms with Crippen molar-refractivity contribution < 1.29 is 4.79 Å². The minimum Gasteiger partial charge on any atom is -0.282 e. The van der Waals surface area contributed by atoms with Crippen LogP contribution in [0.5, 0.6) is 0 Å². The average molecular weight is 180 g/mol. The lowest BCUT2D eigenvalue weighted by atomic mass is 10.1. The summed E-state index contributed by atoms with van der Waals surface area (Å²) in [6.07, 6.45) is 0. The summed E-state index contributed by atoms with van der Waals surface area (Å²) in [4.78, 5) is 11.4. The highest BCUT2D eigenvalue weighted by Gasteiger charge is 2.06. The maximum Gasteiger partial charge on any atom is 0.219 e. The third-order valence-corrected chi connectivity index (χ3v) is 2.41. The molecule has 1 aromatic rings. The molecule has 1 rings (SSSR count). The fraction of sp³-hybridized carbons (Fsp3) is 0.300. The zero-order valence-electron chi connectivity index (χ0n) is 7.33. The summed E-state index contributed by atoms with van der Waals surface area (Å²) in [6.45, 7) is 3.95. The van der Waals surface area contributed by atoms with Crippen LogP contribution in [0.3, 0.4) is 0 Å². The topological polar surface area (TPSA) is 17.1 Å². The average Bonchev–Trinajstić information content (AvgIpc) is 2.05. The molecule has 0 atom stereocenters. The van der Waals surface area contributed by atoms with Gasteiger partial charge in [-0.2, -0.15) is 0 Å². The van der Waals surface area contributed by atoms with Crippen molar-refractivity contribution in [3.8, 4) is 0 Å². The first kappa shape index (κ1) is 9.33. The normalized spacial score (nSPS) is 9.83. The van der Waals surface area contributed by atoms with E-state index in [1.807, 2.05) is 38.1 Å². The highest BCUT2D eigenvalue weighted by atomic mass is 32.2. The van der Waals surface area contributed by atoms with Crippen molar-refractivity contribution in [2.24, 2.45) is 0 Å². The Morgan fingerprint density at radius 2 is 2.08 bits per heavy atom. The van der Waals surface area contributed by atoms with Gasteiger partial charge in [-0.15, -0.1) is 0 Å². The Labute approximate surface area is 77.2 Å². The Morgan fingerprint density at radius 3 is 2.67 bits per heavy atom. The monoisotopic (exact) mass is 180 g/mol. The zero-order chi connectivity index (χ0) is 8.97. The summed E-state index contributed by atoms with van der Waals surface area (Å²) in [6, 6.07) is 7.68. The Balaban J connectivity index is 2.87. The first-order chi connectivity index (χ1) is 5.75. The Kier molecular flexibility index (Phi) is 3.35. The molecule has 0 bridgehead atoms. The predicted molar refractivity (Wildman–Crippen MR) is 53.6 cm³/mol. The van der Waals surface area contributed by atoms with Crippen molar-refractivity contribution >= 4 is 16.9 Å². The number of carbonyl (C=O) groups is 1. The number of thioether (sulfide) groups is 1. The quantitative estimate of drug-likeness (QED) is 0.696. The smallest absolute Gasteiger partial charge is 0.219 e. The number of hydrogen-bond donors (Lipinski definition) is 0. The van der Waals surface area contributed by atoms with E-state index >= 15 is 0 Å². The summed E-state index contributed by atoms with van der Waals surface area (Å²) in [5.41, 5.74) is 1.90. The van der Waals surface area contributed by atoms with Gasteiger partial charge in [-0.3, -0.25) is 4.79 Å². The summed E-state index contributed by atoms with van der Waals surface area (Å²) >= 11 is 1.36. The molecule has 0 fully saturated rings. The molecule has 1 aromatic carbocycles. The van der Waals surface area contributed by atoms with Gasteiger partial charge in [0.05, 0.1) is 0 Å². The minimum absolute atomic E-state index is 0.176. The molecule has 0 spiro atoms. The molecule has 0 unspecified atom stereocenters. The first-order valence-electron chi connectivity index (χ1n) is 3.98. The van der Waals surface area contributed by atoms with Crippen molar-refractivity contribution in [1.29, 1.82) is 0 Å². The predicted octanol–water partition coefficient (Wildman–Crippen LogP) is 2.89. The van der Waals surface area contributed by atoms with Gasteiger partial charge in [0, 0.05) is 5.56 Å². The molecule has 64 valence electrons. The minimum atomic E-state index is 0.176. The molecule has 2 heteroatoms. The summed E-state index contributed by atoms with van der Waals surface area (Å²) in [5.74, 6) is 0.840. The SMILES string of the molecule is CCSC(=O)c1ccccc1C. The Hall–Kier alpha value is -0.760. The van der Waals surface area contributed by atoms with E-state index in [0.29, 0.717) is 0 Å². The summed E-state index contributed by atoms with van der Waals surface area (Å²) in [7, 11) is 0. The van der Waals surface area contributed by atoms with Gasteiger partial charge in [0.1, 0.15) is 0 Å². The maximum atomic E-state index is 11.4. The Morgan fingerprint density at radius 1 is 1.42 bits per heavy atom. The van der Waals surface area contributed by atoms with Gasteiger partial charge in [0.2, 0.25) is 5.12 Å². The van der Waals surface area contributed by atoms with Gasteiger partial charge in [0.15, 0.2) is 0 Å². The largest absolute Gasteiger partial charge is 0.282 e. The van der Waals surface area contributed by atoms with Crippen LogP contribution in [0.1, 0.15) is 22.8 Å². The highest BCUT2D eigenvalue weighted by Crippen LogP contribution is 2.15. The molecular weight excluding hydrogens is 168 g/mol. The lowest BCUT2D eigenvalue weighted by molar-refractivity contribution is 0.108. The molecular formula is C10H12OS. The number of aryl methyl sites for hydroxylation is 1. The van der Waals surface area contributed by atoms with Gasteiger partial charge >= 0.3 is 0 Å². The van der Waals surface area contributed by atoms with Gasteiger partial charge < -0.3 is 0 Å². The molecule has 0 aliphatic carbocycles. The van der Waals surface area contributed by atoms with Crippen LogP contribution in [0, 0.1) is 6.92 Å². The van der Waals surface area contributed by atoms with Gasteiger partial charge in [-0.25, -0.2) is 0 Å². The standard InChI is InChI=1S/C10H12OS/c1-3-12-10(11)9-7-5-4-6-8(9)2/h4-7H,3H2,1-2H3. The first-order valence-corrected chi connectivity index (χ1v) is 4.97. The third kappa shape index (κ3) is 2.11. The van der Waals surface area contributed by atoms with Crippen LogP contribution in [0.15, 0.2) is 24.3 Å². The van der Waals surface area contributed by atoms with E-state index in [2.05, 4.69) is 0 Å². The summed E-state index contributed by atoms with van der Waals surface area (Å²) in [5, 5.41) is 0.176. The molecule has 0 aliphatic rings. The van der Waals surface area contributed by atoms with Crippen LogP contribution in [-0.4, -0.2) is 10.9 Å². The fourth-order valence-electron chi connectivity index (χ4n) is 1.01. The van der Waals surface area contributed by atoms with Crippen LogP contribution in [0.4, 0.5) is 0 Å². The number of hydrogen-bond acceptors (Lipinski definition) is 2. The van der Waals surface area contributed by atoms with E-state index in [1.165, 1.54) is 11.8 Å². The lowest BCUT2D eigenvalue weighted by Crippen LogP contribution is -1.96. The highest BCUT2D eigenvalue weighted by molar-refractivity contribution is 8.14. The van der Waals surface area contributed by atoms with Crippen LogP contribution in [0.25, 0.3) is 0 Å². The third-order valence-electron chi connectivity index (χ3n) is 1.64. The molecule has 12 heavy (non-hydrogen) atoms. The van der Waals surface area contributed by atoms with E-state index < -0.39 is 0 Å². The molecule has 0 radical (unpaired) electrons. The second-order valence-electron chi connectivity index (χ2n) is 2.54. The number of benzene rings is 1.